The lowest BCUT2D eigenvalue weighted by molar-refractivity contribution is -0.137. The number of carbonyl (C=O) groups is 1. The molecule has 0 spiro atoms. The summed E-state index contributed by atoms with van der Waals surface area (Å²) in [6.45, 7) is 1.24. The van der Waals surface area contributed by atoms with Crippen LogP contribution in [0.5, 0.6) is 0 Å². The van der Waals surface area contributed by atoms with Gasteiger partial charge in [0.1, 0.15) is 0 Å². The monoisotopic (exact) mass is 332 g/mol. The number of hydrogen-bond acceptors (Lipinski definition) is 4. The van der Waals surface area contributed by atoms with Gasteiger partial charge in [-0.2, -0.15) is 18.4 Å². The highest BCUT2D eigenvalue weighted by Gasteiger charge is 2.43. The number of nitriles is 1. The van der Waals surface area contributed by atoms with Crippen LogP contribution >= 0.6 is 10.8 Å². The number of alkyl halides is 3. The second kappa shape index (κ2) is 5.31. The van der Waals surface area contributed by atoms with Crippen LogP contribution in [0.25, 0.3) is 0 Å². The number of allylic oxidation sites excluding steroid dienone is 1. The van der Waals surface area contributed by atoms with Crippen molar-refractivity contribution < 1.29 is 27.1 Å². The second-order valence-electron chi connectivity index (χ2n) is 4.69. The number of carbonyl (C=O) groups excluding carboxylic acids is 1. The van der Waals surface area contributed by atoms with Gasteiger partial charge in [0.15, 0.2) is 0 Å². The zero-order chi connectivity index (χ0) is 16.7. The summed E-state index contributed by atoms with van der Waals surface area (Å²) >= 11 is 0. The first-order valence-electron chi connectivity index (χ1n) is 5.96. The van der Waals surface area contributed by atoms with Gasteiger partial charge in [-0.15, -0.1) is 0 Å². The summed E-state index contributed by atoms with van der Waals surface area (Å²) in [6.07, 6.45) is -3.52. The van der Waals surface area contributed by atoms with Crippen LogP contribution in [0.15, 0.2) is 34.7 Å². The standard InChI is InChI=1S/C13H11F3N2O3S/c1-8(4-5-17)7-18-12(19)10-6-9(13(14,15)16)2-3-11(10)22(18,20)21/h2-4,6,20-21H,7H2,1H3. The van der Waals surface area contributed by atoms with Gasteiger partial charge in [0.05, 0.1) is 28.6 Å². The van der Waals surface area contributed by atoms with Gasteiger partial charge in [-0.05, 0) is 30.7 Å². The Labute approximate surface area is 125 Å². The molecule has 1 aromatic carbocycles. The Balaban J connectivity index is 2.47. The molecule has 2 N–H and O–H groups in total. The second-order valence-corrected chi connectivity index (χ2v) is 6.61. The number of fused-ring (bicyclic) bond motifs is 1. The Morgan fingerprint density at radius 2 is 2.09 bits per heavy atom. The predicted molar refractivity (Wildman–Crippen MR) is 73.0 cm³/mol. The summed E-state index contributed by atoms with van der Waals surface area (Å²) < 4.78 is 59.0. The third kappa shape index (κ3) is 2.68. The van der Waals surface area contributed by atoms with E-state index in [2.05, 4.69) is 0 Å². The van der Waals surface area contributed by atoms with Crippen LogP contribution in [-0.2, 0) is 6.18 Å². The van der Waals surface area contributed by atoms with E-state index >= 15 is 0 Å². The van der Waals surface area contributed by atoms with Crippen molar-refractivity contribution in [2.24, 2.45) is 0 Å². The molecule has 0 unspecified atom stereocenters. The summed E-state index contributed by atoms with van der Waals surface area (Å²) in [5.41, 5.74) is -1.06. The fourth-order valence-electron chi connectivity index (χ4n) is 2.03. The smallest absolute Gasteiger partial charge is 0.277 e. The predicted octanol–water partition coefficient (Wildman–Crippen LogP) is 3.66. The minimum atomic E-state index is -4.64. The Bertz CT molecular complexity index is 707. The summed E-state index contributed by atoms with van der Waals surface area (Å²) in [5.74, 6) is -0.910. The number of benzene rings is 1. The van der Waals surface area contributed by atoms with E-state index in [0.29, 0.717) is 22.0 Å². The molecule has 0 saturated carbocycles. The lowest BCUT2D eigenvalue weighted by Crippen LogP contribution is -2.29. The topological polar surface area (TPSA) is 84.6 Å². The van der Waals surface area contributed by atoms with Gasteiger partial charge in [0, 0.05) is 6.08 Å². The molecule has 22 heavy (non-hydrogen) atoms. The Morgan fingerprint density at radius 1 is 1.45 bits per heavy atom. The first-order valence-corrected chi connectivity index (χ1v) is 7.46. The van der Waals surface area contributed by atoms with Crippen molar-refractivity contribution in [3.8, 4) is 6.07 Å². The van der Waals surface area contributed by atoms with Crippen molar-refractivity contribution in [3.63, 3.8) is 0 Å². The Kier molecular flexibility index (Phi) is 3.95. The first kappa shape index (κ1) is 16.4. The molecule has 1 heterocycles. The van der Waals surface area contributed by atoms with Gasteiger partial charge in [0.2, 0.25) is 0 Å². The number of rotatable bonds is 2. The fraction of sp³-hybridized carbons (Fsp3) is 0.231. The third-order valence-electron chi connectivity index (χ3n) is 3.07. The van der Waals surface area contributed by atoms with Gasteiger partial charge in [-0.3, -0.25) is 13.9 Å². The molecule has 1 amide bonds. The molecule has 9 heteroatoms. The number of nitrogens with zero attached hydrogens (tertiary/aromatic N) is 2. The van der Waals surface area contributed by atoms with Crippen molar-refractivity contribution in [3.05, 3.63) is 41.0 Å². The van der Waals surface area contributed by atoms with Crippen LogP contribution in [0.3, 0.4) is 0 Å². The van der Waals surface area contributed by atoms with Gasteiger partial charge in [0.25, 0.3) is 5.91 Å². The van der Waals surface area contributed by atoms with Crippen LogP contribution in [0.2, 0.25) is 0 Å². The van der Waals surface area contributed by atoms with E-state index in [1.54, 1.807) is 6.07 Å². The van der Waals surface area contributed by atoms with E-state index in [9.17, 15) is 27.1 Å². The zero-order valence-electron chi connectivity index (χ0n) is 11.3. The Hall–Kier alpha value is -2.02. The summed E-state index contributed by atoms with van der Waals surface area (Å²) in [6, 6.07) is 3.93. The van der Waals surface area contributed by atoms with Crippen LogP contribution in [0.4, 0.5) is 13.2 Å². The van der Waals surface area contributed by atoms with Crippen molar-refractivity contribution in [1.82, 2.24) is 4.31 Å². The average Bonchev–Trinajstić information content (AvgIpc) is 2.59. The molecule has 0 radical (unpaired) electrons. The third-order valence-corrected chi connectivity index (χ3v) is 4.93. The largest absolute Gasteiger partial charge is 0.416 e. The normalized spacial score (nSPS) is 18.9. The minimum Gasteiger partial charge on any atom is -0.277 e. The molecule has 1 aliphatic rings. The zero-order valence-corrected chi connectivity index (χ0v) is 12.1. The SMILES string of the molecule is CC(=CC#N)CN1C(=O)c2cc(C(F)(F)F)ccc2S1(O)O. The molecular formula is C13H11F3N2O3S. The lowest BCUT2D eigenvalue weighted by atomic mass is 10.1. The molecule has 0 bridgehead atoms. The molecule has 0 saturated heterocycles. The molecule has 0 fully saturated rings. The van der Waals surface area contributed by atoms with Gasteiger partial charge >= 0.3 is 6.18 Å². The van der Waals surface area contributed by atoms with Crippen LogP contribution in [0, 0.1) is 11.3 Å². The Morgan fingerprint density at radius 3 is 2.64 bits per heavy atom. The van der Waals surface area contributed by atoms with Crippen LogP contribution in [-0.4, -0.2) is 25.9 Å². The van der Waals surface area contributed by atoms with E-state index in [-0.39, 0.29) is 17.0 Å². The molecule has 0 aromatic heterocycles. The molecule has 2 rings (SSSR count). The van der Waals surface area contributed by atoms with Crippen LogP contribution in [0.1, 0.15) is 22.8 Å². The van der Waals surface area contributed by atoms with E-state index in [4.69, 9.17) is 5.26 Å². The van der Waals surface area contributed by atoms with E-state index < -0.39 is 28.4 Å². The van der Waals surface area contributed by atoms with Crippen molar-refractivity contribution in [2.75, 3.05) is 6.54 Å². The summed E-state index contributed by atoms with van der Waals surface area (Å²) in [7, 11) is -3.71. The minimum absolute atomic E-state index is 0.241. The maximum absolute atomic E-state index is 12.7. The van der Waals surface area contributed by atoms with Crippen molar-refractivity contribution >= 4 is 16.7 Å². The quantitative estimate of drug-likeness (QED) is 0.810. The lowest BCUT2D eigenvalue weighted by Gasteiger charge is -2.37. The van der Waals surface area contributed by atoms with Gasteiger partial charge < -0.3 is 0 Å². The highest BCUT2D eigenvalue weighted by Crippen LogP contribution is 2.59. The maximum atomic E-state index is 12.7. The van der Waals surface area contributed by atoms with E-state index in [0.717, 1.165) is 12.1 Å². The molecular weight excluding hydrogens is 321 g/mol. The van der Waals surface area contributed by atoms with Crippen LogP contribution < -0.4 is 0 Å². The van der Waals surface area contributed by atoms with Gasteiger partial charge in [-0.25, -0.2) is 4.31 Å². The summed E-state index contributed by atoms with van der Waals surface area (Å²) in [5, 5.41) is 8.53. The fourth-order valence-corrected chi connectivity index (χ4v) is 3.67. The van der Waals surface area contributed by atoms with E-state index in [1.165, 1.54) is 6.92 Å². The molecule has 1 aromatic rings. The highest BCUT2D eigenvalue weighted by atomic mass is 32.3. The summed E-state index contributed by atoms with van der Waals surface area (Å²) in [4.78, 5) is 11.9. The average molecular weight is 332 g/mol. The number of hydrogen-bond donors (Lipinski definition) is 2. The van der Waals surface area contributed by atoms with Crippen molar-refractivity contribution in [2.45, 2.75) is 18.0 Å². The number of amides is 1. The molecule has 5 nitrogen and oxygen atoms in total. The highest BCUT2D eigenvalue weighted by molar-refractivity contribution is 8.23. The number of halogens is 3. The molecule has 0 aliphatic carbocycles. The maximum Gasteiger partial charge on any atom is 0.416 e. The van der Waals surface area contributed by atoms with Gasteiger partial charge in [-0.1, -0.05) is 10.8 Å². The molecule has 1 aliphatic heterocycles. The first-order chi connectivity index (χ1) is 10.1. The molecule has 0 atom stereocenters. The van der Waals surface area contributed by atoms with Crippen molar-refractivity contribution in [1.29, 1.82) is 5.26 Å². The molecule has 118 valence electrons. The van der Waals surface area contributed by atoms with E-state index in [1.807, 2.05) is 0 Å².